The van der Waals surface area contributed by atoms with Gasteiger partial charge >= 0.3 is 0 Å². The molecule has 0 aliphatic carbocycles. The maximum Gasteiger partial charge on any atom is 0.288 e. The highest BCUT2D eigenvalue weighted by molar-refractivity contribution is 6.32. The van der Waals surface area contributed by atoms with E-state index in [1.165, 1.54) is 18.2 Å². The fraction of sp³-hybridized carbons (Fsp3) is 0.333. The van der Waals surface area contributed by atoms with Crippen LogP contribution in [-0.2, 0) is 12.1 Å². The van der Waals surface area contributed by atoms with Gasteiger partial charge in [-0.15, -0.1) is 0 Å². The van der Waals surface area contributed by atoms with Crippen LogP contribution in [0, 0.1) is 10.1 Å². The van der Waals surface area contributed by atoms with Gasteiger partial charge in [0.05, 0.1) is 10.5 Å². The lowest BCUT2D eigenvalue weighted by Gasteiger charge is -2.11. The van der Waals surface area contributed by atoms with Crippen LogP contribution in [0.2, 0.25) is 5.02 Å². The summed E-state index contributed by atoms with van der Waals surface area (Å²) >= 11 is 5.78. The lowest BCUT2D eigenvalue weighted by Crippen LogP contribution is -2.30. The third kappa shape index (κ3) is 3.67. The van der Waals surface area contributed by atoms with Gasteiger partial charge in [0.15, 0.2) is 12.4 Å². The predicted octanol–water partition coefficient (Wildman–Crippen LogP) is 2.40. The van der Waals surface area contributed by atoms with E-state index in [1.807, 2.05) is 0 Å². The van der Waals surface area contributed by atoms with Crippen molar-refractivity contribution in [2.24, 2.45) is 5.73 Å². The lowest BCUT2D eigenvalue weighted by atomic mass is 10.1. The van der Waals surface area contributed by atoms with Gasteiger partial charge in [-0.25, -0.2) is 0 Å². The van der Waals surface area contributed by atoms with Gasteiger partial charge in [0, 0.05) is 12.1 Å². The molecule has 2 N–H and O–H groups in total. The van der Waals surface area contributed by atoms with Crippen LogP contribution in [0.15, 0.2) is 22.7 Å². The standard InChI is InChI=1S/C12H13ClN4O4/c1-12(2,14)11-15-10(21-16-11)6-20-7-3-4-9(17(18)19)8(13)5-7/h3-5H,6,14H2,1-2H3. The molecular weight excluding hydrogens is 300 g/mol. The van der Waals surface area contributed by atoms with Gasteiger partial charge in [-0.05, 0) is 19.9 Å². The summed E-state index contributed by atoms with van der Waals surface area (Å²) < 4.78 is 10.4. The molecule has 0 unspecified atom stereocenters. The van der Waals surface area contributed by atoms with Gasteiger partial charge in [0.1, 0.15) is 10.8 Å². The first-order valence-electron chi connectivity index (χ1n) is 5.96. The van der Waals surface area contributed by atoms with E-state index in [1.54, 1.807) is 13.8 Å². The van der Waals surface area contributed by atoms with Gasteiger partial charge < -0.3 is 15.0 Å². The lowest BCUT2D eigenvalue weighted by molar-refractivity contribution is -0.384. The zero-order valence-electron chi connectivity index (χ0n) is 11.4. The number of halogens is 1. The monoisotopic (exact) mass is 312 g/mol. The Morgan fingerprint density at radius 2 is 2.24 bits per heavy atom. The maximum atomic E-state index is 10.6. The first-order chi connectivity index (χ1) is 9.77. The molecule has 0 saturated heterocycles. The highest BCUT2D eigenvalue weighted by Gasteiger charge is 2.21. The van der Waals surface area contributed by atoms with Crippen LogP contribution in [0.3, 0.4) is 0 Å². The van der Waals surface area contributed by atoms with Crippen LogP contribution in [0.25, 0.3) is 0 Å². The van der Waals surface area contributed by atoms with E-state index < -0.39 is 10.5 Å². The van der Waals surface area contributed by atoms with Gasteiger partial charge in [-0.3, -0.25) is 10.1 Å². The maximum absolute atomic E-state index is 10.6. The van der Waals surface area contributed by atoms with Gasteiger partial charge in [-0.1, -0.05) is 16.8 Å². The van der Waals surface area contributed by atoms with Crippen molar-refractivity contribution in [1.82, 2.24) is 10.1 Å². The number of nitrogens with zero attached hydrogens (tertiary/aromatic N) is 3. The first kappa shape index (κ1) is 15.2. The van der Waals surface area contributed by atoms with Crippen LogP contribution in [0.1, 0.15) is 25.6 Å². The van der Waals surface area contributed by atoms with E-state index in [9.17, 15) is 10.1 Å². The number of hydrogen-bond donors (Lipinski definition) is 1. The molecule has 8 nitrogen and oxygen atoms in total. The summed E-state index contributed by atoms with van der Waals surface area (Å²) in [4.78, 5) is 14.2. The molecule has 0 aliphatic heterocycles. The van der Waals surface area contributed by atoms with Crippen LogP contribution in [-0.4, -0.2) is 15.1 Å². The Kier molecular flexibility index (Phi) is 4.10. The summed E-state index contributed by atoms with van der Waals surface area (Å²) in [6.45, 7) is 3.51. The molecule has 0 aliphatic rings. The molecule has 0 radical (unpaired) electrons. The third-order valence-corrected chi connectivity index (χ3v) is 2.83. The molecule has 2 rings (SSSR count). The highest BCUT2D eigenvalue weighted by Crippen LogP contribution is 2.28. The predicted molar refractivity (Wildman–Crippen MR) is 73.9 cm³/mol. The zero-order chi connectivity index (χ0) is 15.6. The van der Waals surface area contributed by atoms with Gasteiger partial charge in [0.2, 0.25) is 0 Å². The van der Waals surface area contributed by atoms with Gasteiger partial charge in [0.25, 0.3) is 11.6 Å². The van der Waals surface area contributed by atoms with Gasteiger partial charge in [-0.2, -0.15) is 4.98 Å². The summed E-state index contributed by atoms with van der Waals surface area (Å²) in [5.74, 6) is 0.971. The number of nitro groups is 1. The summed E-state index contributed by atoms with van der Waals surface area (Å²) in [6, 6.07) is 4.05. The average Bonchev–Trinajstić information content (AvgIpc) is 2.84. The topological polar surface area (TPSA) is 117 Å². The SMILES string of the molecule is CC(C)(N)c1noc(COc2ccc([N+](=O)[O-])c(Cl)c2)n1. The van der Waals surface area contributed by atoms with Crippen LogP contribution < -0.4 is 10.5 Å². The molecule has 0 fully saturated rings. The largest absolute Gasteiger partial charge is 0.484 e. The third-order valence-electron chi connectivity index (χ3n) is 2.52. The second-order valence-electron chi connectivity index (χ2n) is 4.89. The smallest absolute Gasteiger partial charge is 0.288 e. The second kappa shape index (κ2) is 5.66. The first-order valence-corrected chi connectivity index (χ1v) is 6.34. The Morgan fingerprint density at radius 3 is 2.76 bits per heavy atom. The minimum atomic E-state index is -0.710. The number of nitro benzene ring substituents is 1. The molecule has 1 aromatic heterocycles. The average molecular weight is 313 g/mol. The van der Waals surface area contributed by atoms with Crippen molar-refractivity contribution in [1.29, 1.82) is 0 Å². The zero-order valence-corrected chi connectivity index (χ0v) is 12.1. The number of ether oxygens (including phenoxy) is 1. The van der Waals surface area contributed by atoms with E-state index in [2.05, 4.69) is 10.1 Å². The van der Waals surface area contributed by atoms with E-state index >= 15 is 0 Å². The normalized spacial score (nSPS) is 11.4. The van der Waals surface area contributed by atoms with E-state index in [-0.39, 0.29) is 23.2 Å². The molecule has 21 heavy (non-hydrogen) atoms. The van der Waals surface area contributed by atoms with Crippen molar-refractivity contribution >= 4 is 17.3 Å². The fourth-order valence-electron chi connectivity index (χ4n) is 1.45. The Labute approximate surface area is 125 Å². The molecule has 0 bridgehead atoms. The molecule has 1 aromatic carbocycles. The Balaban J connectivity index is 2.05. The van der Waals surface area contributed by atoms with Crippen molar-refractivity contribution in [2.75, 3.05) is 0 Å². The minimum absolute atomic E-state index is 0.00758. The summed E-state index contributed by atoms with van der Waals surface area (Å²) in [7, 11) is 0. The van der Waals surface area contributed by atoms with Crippen LogP contribution >= 0.6 is 11.6 Å². The number of rotatable bonds is 5. The van der Waals surface area contributed by atoms with E-state index in [0.717, 1.165) is 0 Å². The van der Waals surface area contributed by atoms with Crippen molar-refractivity contribution in [2.45, 2.75) is 26.0 Å². The molecule has 9 heteroatoms. The molecule has 0 atom stereocenters. The van der Waals surface area contributed by atoms with Crippen molar-refractivity contribution in [3.8, 4) is 5.75 Å². The molecular formula is C12H13ClN4O4. The summed E-state index contributed by atoms with van der Waals surface area (Å²) in [5.41, 5.74) is 4.94. The highest BCUT2D eigenvalue weighted by atomic mass is 35.5. The van der Waals surface area contributed by atoms with Crippen LogP contribution in [0.5, 0.6) is 5.75 Å². The van der Waals surface area contributed by atoms with Crippen molar-refractivity contribution < 1.29 is 14.2 Å². The fourth-order valence-corrected chi connectivity index (χ4v) is 1.69. The summed E-state index contributed by atoms with van der Waals surface area (Å²) in [6.07, 6.45) is 0. The molecule has 2 aromatic rings. The molecule has 112 valence electrons. The number of hydrogen-bond acceptors (Lipinski definition) is 7. The molecule has 0 spiro atoms. The quantitative estimate of drug-likeness (QED) is 0.665. The van der Waals surface area contributed by atoms with Crippen molar-refractivity contribution in [3.05, 3.63) is 45.1 Å². The Hall–Kier alpha value is -2.19. The number of nitrogens with two attached hydrogens (primary N) is 1. The van der Waals surface area contributed by atoms with Crippen molar-refractivity contribution in [3.63, 3.8) is 0 Å². The number of aromatic nitrogens is 2. The Morgan fingerprint density at radius 1 is 1.52 bits per heavy atom. The molecule has 1 heterocycles. The summed E-state index contributed by atoms with van der Waals surface area (Å²) in [5, 5.41) is 14.4. The minimum Gasteiger partial charge on any atom is -0.484 e. The Bertz CT molecular complexity index is 666. The molecule has 0 saturated carbocycles. The number of benzene rings is 1. The van der Waals surface area contributed by atoms with E-state index in [4.69, 9.17) is 26.6 Å². The molecule has 0 amide bonds. The van der Waals surface area contributed by atoms with E-state index in [0.29, 0.717) is 11.6 Å². The second-order valence-corrected chi connectivity index (χ2v) is 5.30. The van der Waals surface area contributed by atoms with Crippen LogP contribution in [0.4, 0.5) is 5.69 Å².